The molecule has 1 atom stereocenters. The van der Waals surface area contributed by atoms with Crippen LogP contribution in [-0.2, 0) is 11.2 Å². The van der Waals surface area contributed by atoms with Gasteiger partial charge < -0.3 is 15.8 Å². The Morgan fingerprint density at radius 1 is 1.54 bits per heavy atom. The Labute approximate surface area is 151 Å². The lowest BCUT2D eigenvalue weighted by atomic mass is 10.0. The van der Waals surface area contributed by atoms with Gasteiger partial charge in [-0.2, -0.15) is 0 Å². The van der Waals surface area contributed by atoms with Crippen LogP contribution in [0.4, 0.5) is 5.69 Å². The Kier molecular flexibility index (Phi) is 6.53. The van der Waals surface area contributed by atoms with E-state index >= 15 is 0 Å². The van der Waals surface area contributed by atoms with Gasteiger partial charge in [0.15, 0.2) is 0 Å². The van der Waals surface area contributed by atoms with Crippen LogP contribution in [0.25, 0.3) is 0 Å². The van der Waals surface area contributed by atoms with Gasteiger partial charge in [0.05, 0.1) is 0 Å². The number of anilines is 1. The number of ether oxygens (including phenoxy) is 1. The fraction of sp³-hybridized carbons (Fsp3) is 0.375. The molecule has 130 valence electrons. The van der Waals surface area contributed by atoms with E-state index in [-0.39, 0.29) is 24.4 Å². The van der Waals surface area contributed by atoms with Gasteiger partial charge in [0.1, 0.15) is 30.8 Å². The molecule has 2 heterocycles. The van der Waals surface area contributed by atoms with Gasteiger partial charge in [-0.1, -0.05) is 0 Å². The molecule has 2 aromatic rings. The van der Waals surface area contributed by atoms with E-state index in [1.54, 1.807) is 11.8 Å². The highest BCUT2D eigenvalue weighted by atomic mass is 35.5. The Bertz CT molecular complexity index is 707. The molecule has 1 aromatic heterocycles. The van der Waals surface area contributed by atoms with Crippen molar-refractivity contribution in [3.63, 3.8) is 0 Å². The van der Waals surface area contributed by atoms with Gasteiger partial charge in [-0.15, -0.1) is 12.4 Å². The largest absolute Gasteiger partial charge is 0.489 e. The lowest BCUT2D eigenvalue weighted by Gasteiger charge is -2.24. The summed E-state index contributed by atoms with van der Waals surface area (Å²) in [7, 11) is 0. The average Bonchev–Trinajstić information content (AvgIpc) is 3.00. The maximum atomic E-state index is 11.2. The minimum atomic E-state index is -0.0706. The number of halogens is 1. The zero-order valence-electron chi connectivity index (χ0n) is 13.5. The molecule has 1 aromatic carbocycles. The summed E-state index contributed by atoms with van der Waals surface area (Å²) in [6.07, 6.45) is 4.83. The molecular formula is C16H22ClN4O2S+. The van der Waals surface area contributed by atoms with Crippen LogP contribution in [0.1, 0.15) is 18.5 Å². The van der Waals surface area contributed by atoms with Crippen LogP contribution < -0.4 is 20.4 Å². The highest BCUT2D eigenvalue weighted by Crippen LogP contribution is 2.30. The van der Waals surface area contributed by atoms with Crippen LogP contribution in [-0.4, -0.2) is 29.8 Å². The van der Waals surface area contributed by atoms with E-state index in [4.69, 9.17) is 10.5 Å². The monoisotopic (exact) mass is 369 g/mol. The van der Waals surface area contributed by atoms with Crippen molar-refractivity contribution in [3.05, 3.63) is 36.2 Å². The number of thioether (sulfide) groups is 1. The second-order valence-corrected chi connectivity index (χ2v) is 6.57. The highest BCUT2D eigenvalue weighted by molar-refractivity contribution is 7.99. The third-order valence-electron chi connectivity index (χ3n) is 3.69. The normalized spacial score (nSPS) is 15.8. The van der Waals surface area contributed by atoms with Gasteiger partial charge in [-0.05, 0) is 30.0 Å². The van der Waals surface area contributed by atoms with Crippen LogP contribution in [0.5, 0.6) is 5.75 Å². The molecule has 0 aliphatic carbocycles. The molecule has 0 radical (unpaired) electrons. The summed E-state index contributed by atoms with van der Waals surface area (Å²) in [5, 5.41) is 3.91. The molecule has 4 N–H and O–H groups in total. The fourth-order valence-electron chi connectivity index (χ4n) is 2.73. The summed E-state index contributed by atoms with van der Waals surface area (Å²) in [5.74, 6) is 1.69. The second kappa shape index (κ2) is 8.41. The molecule has 0 spiro atoms. The zero-order chi connectivity index (χ0) is 16.2. The van der Waals surface area contributed by atoms with E-state index in [1.807, 2.05) is 30.6 Å². The highest BCUT2D eigenvalue weighted by Gasteiger charge is 2.27. The molecule has 0 bridgehead atoms. The van der Waals surface area contributed by atoms with E-state index in [9.17, 15) is 4.79 Å². The number of H-pyrrole nitrogens is 1. The fourth-order valence-corrected chi connectivity index (χ4v) is 3.55. The Morgan fingerprint density at radius 2 is 2.38 bits per heavy atom. The molecule has 24 heavy (non-hydrogen) atoms. The van der Waals surface area contributed by atoms with Crippen molar-refractivity contribution in [1.82, 2.24) is 4.98 Å². The number of fused-ring (bicyclic) bond motifs is 1. The van der Waals surface area contributed by atoms with E-state index < -0.39 is 0 Å². The molecular weight excluding hydrogens is 348 g/mol. The van der Waals surface area contributed by atoms with Crippen molar-refractivity contribution in [1.29, 1.82) is 0 Å². The number of hydrogen-bond donors (Lipinski definition) is 3. The predicted molar refractivity (Wildman–Crippen MR) is 97.0 cm³/mol. The summed E-state index contributed by atoms with van der Waals surface area (Å²) in [4.78, 5) is 14.5. The first-order valence-electron chi connectivity index (χ1n) is 7.62. The number of rotatable bonds is 5. The van der Waals surface area contributed by atoms with Crippen LogP contribution in [0.15, 0.2) is 35.7 Å². The van der Waals surface area contributed by atoms with Crippen molar-refractivity contribution in [2.24, 2.45) is 5.73 Å². The van der Waals surface area contributed by atoms with Gasteiger partial charge in [-0.3, -0.25) is 4.79 Å². The third kappa shape index (κ3) is 4.23. The molecule has 0 unspecified atom stereocenters. The number of hydrogen-bond acceptors (Lipinski definition) is 4. The molecule has 1 aliphatic heterocycles. The van der Waals surface area contributed by atoms with Gasteiger partial charge in [0.25, 0.3) is 0 Å². The number of carbonyl (C=O) groups excluding carboxylic acids is 1. The topological polar surface area (TPSA) is 84.0 Å². The van der Waals surface area contributed by atoms with Crippen molar-refractivity contribution in [2.75, 3.05) is 24.2 Å². The van der Waals surface area contributed by atoms with Crippen LogP contribution in [0.3, 0.4) is 0 Å². The molecule has 6 nitrogen and oxygen atoms in total. The van der Waals surface area contributed by atoms with Crippen molar-refractivity contribution in [3.8, 4) is 5.75 Å². The molecule has 1 amide bonds. The maximum Gasteiger partial charge on any atom is 0.316 e. The first-order valence-corrected chi connectivity index (χ1v) is 8.60. The number of nitrogens with two attached hydrogens (primary N) is 1. The second-order valence-electron chi connectivity index (χ2n) is 5.48. The number of amides is 1. The molecule has 1 aliphatic rings. The van der Waals surface area contributed by atoms with Crippen molar-refractivity contribution in [2.45, 2.75) is 24.5 Å². The third-order valence-corrected chi connectivity index (χ3v) is 4.74. The standard InChI is InChI=1S/C16H20N4O2S.ClH/c1-11(21)19-13-2-3-15-12(8-13)9-14(10-22-15)20-6-5-18-16(20)23-7-4-17;/h2-3,5-6,8,14H,4,7,9-10,17H2,1H3,(H,19,21);1H/p+1/t14-;/m1./s1. The Balaban J connectivity index is 0.00000208. The number of aromatic nitrogens is 2. The van der Waals surface area contributed by atoms with Gasteiger partial charge in [0, 0.05) is 36.9 Å². The van der Waals surface area contributed by atoms with E-state index in [0.29, 0.717) is 13.2 Å². The quantitative estimate of drug-likeness (QED) is 0.555. The first kappa shape index (κ1) is 18.6. The Morgan fingerprint density at radius 3 is 3.12 bits per heavy atom. The molecule has 0 saturated heterocycles. The summed E-state index contributed by atoms with van der Waals surface area (Å²) < 4.78 is 8.10. The smallest absolute Gasteiger partial charge is 0.316 e. The van der Waals surface area contributed by atoms with Gasteiger partial charge in [-0.25, -0.2) is 9.55 Å². The summed E-state index contributed by atoms with van der Waals surface area (Å²) in [6, 6.07) is 6.00. The number of nitrogens with zero attached hydrogens (tertiary/aromatic N) is 1. The summed E-state index contributed by atoms with van der Waals surface area (Å²) in [6.45, 7) is 2.79. The summed E-state index contributed by atoms with van der Waals surface area (Å²) in [5.41, 5.74) is 7.50. The van der Waals surface area contributed by atoms with E-state index in [0.717, 1.165) is 34.3 Å². The number of imidazole rings is 1. The van der Waals surface area contributed by atoms with E-state index in [2.05, 4.69) is 14.9 Å². The predicted octanol–water partition coefficient (Wildman–Crippen LogP) is 1.91. The minimum Gasteiger partial charge on any atom is -0.489 e. The van der Waals surface area contributed by atoms with Gasteiger partial charge in [0.2, 0.25) is 5.91 Å². The maximum absolute atomic E-state index is 11.2. The minimum absolute atomic E-state index is 0. The molecule has 8 heteroatoms. The molecule has 0 saturated carbocycles. The van der Waals surface area contributed by atoms with Crippen LogP contribution in [0, 0.1) is 0 Å². The lowest BCUT2D eigenvalue weighted by molar-refractivity contribution is -0.757. The lowest BCUT2D eigenvalue weighted by Crippen LogP contribution is -2.45. The number of carbonyl (C=O) groups is 1. The van der Waals surface area contributed by atoms with Crippen LogP contribution in [0.2, 0.25) is 0 Å². The van der Waals surface area contributed by atoms with Crippen LogP contribution >= 0.6 is 24.2 Å². The van der Waals surface area contributed by atoms with Crippen molar-refractivity contribution < 1.29 is 14.1 Å². The number of aromatic amines is 1. The van der Waals surface area contributed by atoms with E-state index in [1.165, 1.54) is 6.92 Å². The molecule has 0 fully saturated rings. The average molecular weight is 370 g/mol. The first-order chi connectivity index (χ1) is 11.2. The number of nitrogens with one attached hydrogen (secondary N) is 2. The Hall–Kier alpha value is -1.70. The van der Waals surface area contributed by atoms with Crippen molar-refractivity contribution >= 4 is 35.8 Å². The number of benzene rings is 1. The van der Waals surface area contributed by atoms with Gasteiger partial charge >= 0.3 is 5.16 Å². The summed E-state index contributed by atoms with van der Waals surface area (Å²) >= 11 is 1.71. The SMILES string of the molecule is CC(=O)Nc1ccc2c(c1)C[C@@H]([n+]1cc[nH]c1SCCN)CO2.Cl. The zero-order valence-corrected chi connectivity index (χ0v) is 15.1. The molecule has 3 rings (SSSR count).